The number of carbonyl (C=O) groups is 1. The van der Waals surface area contributed by atoms with E-state index in [9.17, 15) is 13.2 Å². The highest BCUT2D eigenvalue weighted by atomic mass is 32.2. The van der Waals surface area contributed by atoms with E-state index in [4.69, 9.17) is 0 Å². The van der Waals surface area contributed by atoms with Gasteiger partial charge in [-0.25, -0.2) is 8.42 Å². The van der Waals surface area contributed by atoms with Gasteiger partial charge in [-0.05, 0) is 44.4 Å². The van der Waals surface area contributed by atoms with Crippen molar-refractivity contribution in [2.45, 2.75) is 43.2 Å². The first-order valence-corrected chi connectivity index (χ1v) is 10.9. The van der Waals surface area contributed by atoms with Gasteiger partial charge in [0.25, 0.3) is 0 Å². The molecule has 1 unspecified atom stereocenters. The Kier molecular flexibility index (Phi) is 6.77. The molecule has 6 heteroatoms. The van der Waals surface area contributed by atoms with Gasteiger partial charge in [0.15, 0.2) is 5.78 Å². The van der Waals surface area contributed by atoms with Gasteiger partial charge in [-0.3, -0.25) is 9.69 Å². The smallest absolute Gasteiger partial charge is 0.241 e. The Balaban J connectivity index is 1.56. The number of rotatable bonds is 8. The Morgan fingerprint density at radius 1 is 1.00 bits per heavy atom. The van der Waals surface area contributed by atoms with Crippen LogP contribution in [0.25, 0.3) is 0 Å². The molecule has 27 heavy (non-hydrogen) atoms. The fourth-order valence-electron chi connectivity index (χ4n) is 3.45. The molecule has 1 atom stereocenters. The third kappa shape index (κ3) is 5.48. The lowest BCUT2D eigenvalue weighted by Gasteiger charge is -2.35. The Bertz CT molecular complexity index is 838. The molecule has 1 N–H and O–H groups in total. The topological polar surface area (TPSA) is 66.5 Å². The summed E-state index contributed by atoms with van der Waals surface area (Å²) < 4.78 is 28.1. The quantitative estimate of drug-likeness (QED) is 0.706. The largest absolute Gasteiger partial charge is 0.294 e. The normalized spacial score (nSPS) is 18.3. The highest BCUT2D eigenvalue weighted by molar-refractivity contribution is 7.89. The summed E-state index contributed by atoms with van der Waals surface area (Å²) in [6, 6.07) is 17.8. The maximum absolute atomic E-state index is 12.6. The predicted octanol–water partition coefficient (Wildman–Crippen LogP) is 3.44. The first kappa shape index (κ1) is 19.7. The number of Topliss-reactive ketones (excluding diaryl/α,β-unsaturated/α-hetero) is 1. The Hall–Kier alpha value is -2.02. The maximum atomic E-state index is 12.6. The molecule has 2 aromatic carbocycles. The summed E-state index contributed by atoms with van der Waals surface area (Å²) in [4.78, 5) is 14.7. The Labute approximate surface area is 161 Å². The van der Waals surface area contributed by atoms with E-state index >= 15 is 0 Å². The van der Waals surface area contributed by atoms with E-state index in [1.54, 1.807) is 30.3 Å². The van der Waals surface area contributed by atoms with Crippen molar-refractivity contribution in [1.29, 1.82) is 0 Å². The lowest BCUT2D eigenvalue weighted by molar-refractivity contribution is 0.0957. The summed E-state index contributed by atoms with van der Waals surface area (Å²) >= 11 is 0. The van der Waals surface area contributed by atoms with Crippen molar-refractivity contribution in [3.8, 4) is 0 Å². The van der Waals surface area contributed by atoms with Gasteiger partial charge in [-0.2, -0.15) is 4.72 Å². The Morgan fingerprint density at radius 2 is 1.67 bits per heavy atom. The van der Waals surface area contributed by atoms with E-state index in [0.29, 0.717) is 13.0 Å². The summed E-state index contributed by atoms with van der Waals surface area (Å²) in [5.41, 5.74) is 0.734. The molecule has 1 fully saturated rings. The fourth-order valence-corrected chi connectivity index (χ4v) is 4.73. The number of hydrogen-bond donors (Lipinski definition) is 1. The zero-order valence-electron chi connectivity index (χ0n) is 15.4. The summed E-state index contributed by atoms with van der Waals surface area (Å²) in [5.74, 6) is 0.133. The molecule has 0 radical (unpaired) electrons. The van der Waals surface area contributed by atoms with Crippen LogP contribution in [0.15, 0.2) is 65.6 Å². The molecule has 0 bridgehead atoms. The molecule has 0 aromatic heterocycles. The second kappa shape index (κ2) is 9.26. The third-order valence-corrected chi connectivity index (χ3v) is 6.38. The van der Waals surface area contributed by atoms with Gasteiger partial charge in [0.05, 0.1) is 11.1 Å². The first-order valence-electron chi connectivity index (χ1n) is 9.46. The van der Waals surface area contributed by atoms with Crippen LogP contribution in [0.2, 0.25) is 0 Å². The van der Waals surface area contributed by atoms with Gasteiger partial charge in [0.1, 0.15) is 0 Å². The zero-order valence-corrected chi connectivity index (χ0v) is 16.2. The molecule has 1 aliphatic rings. The molecule has 1 heterocycles. The van der Waals surface area contributed by atoms with E-state index in [-0.39, 0.29) is 16.8 Å². The molecule has 0 spiro atoms. The van der Waals surface area contributed by atoms with Crippen LogP contribution in [0.4, 0.5) is 0 Å². The zero-order chi connectivity index (χ0) is 19.1. The summed E-state index contributed by atoms with van der Waals surface area (Å²) in [6.07, 6.45) is 3.82. The molecule has 5 nitrogen and oxygen atoms in total. The number of piperidine rings is 1. The number of hydrogen-bond acceptors (Lipinski definition) is 4. The van der Waals surface area contributed by atoms with E-state index in [1.165, 1.54) is 0 Å². The van der Waals surface area contributed by atoms with Crippen LogP contribution in [-0.4, -0.2) is 38.4 Å². The molecule has 144 valence electrons. The van der Waals surface area contributed by atoms with Gasteiger partial charge >= 0.3 is 0 Å². The molecular weight excluding hydrogens is 360 g/mol. The molecule has 0 amide bonds. The third-order valence-electron chi connectivity index (χ3n) is 4.90. The monoisotopic (exact) mass is 386 g/mol. The van der Waals surface area contributed by atoms with Crippen LogP contribution in [0.1, 0.15) is 42.5 Å². The SMILES string of the molecule is O=C(CCCN1CCCCC1NS(=O)(=O)c1ccccc1)c1ccccc1. The van der Waals surface area contributed by atoms with Crippen molar-refractivity contribution in [2.75, 3.05) is 13.1 Å². The molecule has 2 aromatic rings. The lowest BCUT2D eigenvalue weighted by Crippen LogP contribution is -2.50. The summed E-state index contributed by atoms with van der Waals surface area (Å²) in [7, 11) is -3.54. The molecule has 0 saturated carbocycles. The fraction of sp³-hybridized carbons (Fsp3) is 0.381. The van der Waals surface area contributed by atoms with Crippen molar-refractivity contribution in [3.63, 3.8) is 0 Å². The van der Waals surface area contributed by atoms with Gasteiger partial charge < -0.3 is 0 Å². The summed E-state index contributed by atoms with van der Waals surface area (Å²) in [6.45, 7) is 1.56. The van der Waals surface area contributed by atoms with Crippen LogP contribution in [0, 0.1) is 0 Å². The Morgan fingerprint density at radius 3 is 2.37 bits per heavy atom. The molecule has 0 aliphatic carbocycles. The minimum absolute atomic E-state index is 0.133. The van der Waals surface area contributed by atoms with Gasteiger partial charge in [-0.1, -0.05) is 48.5 Å². The minimum atomic E-state index is -3.54. The number of sulfonamides is 1. The van der Waals surface area contributed by atoms with E-state index in [2.05, 4.69) is 9.62 Å². The number of carbonyl (C=O) groups excluding carboxylic acids is 1. The molecule has 3 rings (SSSR count). The van der Waals surface area contributed by atoms with Crippen molar-refractivity contribution in [3.05, 3.63) is 66.2 Å². The number of nitrogens with one attached hydrogen (secondary N) is 1. The van der Waals surface area contributed by atoms with Gasteiger partial charge in [0.2, 0.25) is 10.0 Å². The minimum Gasteiger partial charge on any atom is -0.294 e. The van der Waals surface area contributed by atoms with Crippen molar-refractivity contribution < 1.29 is 13.2 Å². The van der Waals surface area contributed by atoms with Crippen molar-refractivity contribution in [2.24, 2.45) is 0 Å². The van der Waals surface area contributed by atoms with Crippen LogP contribution in [0.5, 0.6) is 0 Å². The van der Waals surface area contributed by atoms with E-state index in [1.807, 2.05) is 30.3 Å². The van der Waals surface area contributed by atoms with E-state index < -0.39 is 10.0 Å². The van der Waals surface area contributed by atoms with Crippen LogP contribution >= 0.6 is 0 Å². The van der Waals surface area contributed by atoms with Crippen LogP contribution < -0.4 is 4.72 Å². The summed E-state index contributed by atoms with van der Waals surface area (Å²) in [5, 5.41) is 0. The van der Waals surface area contributed by atoms with Crippen molar-refractivity contribution in [1.82, 2.24) is 9.62 Å². The number of likely N-dealkylation sites (tertiary alicyclic amines) is 1. The average Bonchev–Trinajstić information content (AvgIpc) is 2.70. The molecule has 1 saturated heterocycles. The second-order valence-electron chi connectivity index (χ2n) is 6.87. The van der Waals surface area contributed by atoms with Crippen LogP contribution in [-0.2, 0) is 10.0 Å². The van der Waals surface area contributed by atoms with Crippen molar-refractivity contribution >= 4 is 15.8 Å². The van der Waals surface area contributed by atoms with Gasteiger partial charge in [-0.15, -0.1) is 0 Å². The molecule has 1 aliphatic heterocycles. The standard InChI is InChI=1S/C21H26N2O3S/c24-20(18-10-3-1-4-11-18)14-9-17-23-16-8-7-15-21(23)22-27(25,26)19-12-5-2-6-13-19/h1-6,10-13,21-22H,7-9,14-17H2. The average molecular weight is 387 g/mol. The predicted molar refractivity (Wildman–Crippen MR) is 106 cm³/mol. The number of ketones is 1. The van der Waals surface area contributed by atoms with Crippen LogP contribution in [0.3, 0.4) is 0 Å². The lowest BCUT2D eigenvalue weighted by atomic mass is 10.0. The first-order chi connectivity index (χ1) is 13.1. The number of nitrogens with zero attached hydrogens (tertiary/aromatic N) is 1. The highest BCUT2D eigenvalue weighted by Gasteiger charge is 2.27. The number of benzene rings is 2. The highest BCUT2D eigenvalue weighted by Crippen LogP contribution is 2.19. The maximum Gasteiger partial charge on any atom is 0.241 e. The van der Waals surface area contributed by atoms with Gasteiger partial charge in [0, 0.05) is 18.5 Å². The molecular formula is C21H26N2O3S. The second-order valence-corrected chi connectivity index (χ2v) is 8.59. The van der Waals surface area contributed by atoms with E-state index in [0.717, 1.165) is 37.8 Å².